The van der Waals surface area contributed by atoms with Crippen molar-refractivity contribution in [3.8, 4) is 11.3 Å². The molecule has 0 fully saturated rings. The molecule has 0 aromatic carbocycles. The van der Waals surface area contributed by atoms with E-state index in [1.807, 2.05) is 5.38 Å². The highest BCUT2D eigenvalue weighted by atomic mass is 35.5. The Bertz CT molecular complexity index is 499. The summed E-state index contributed by atoms with van der Waals surface area (Å²) in [5.74, 6) is 0. The van der Waals surface area contributed by atoms with Crippen LogP contribution in [0.15, 0.2) is 29.0 Å². The van der Waals surface area contributed by atoms with Crippen LogP contribution in [0, 0.1) is 10.1 Å². The van der Waals surface area contributed by atoms with Crippen molar-refractivity contribution in [1.82, 2.24) is 4.98 Å². The molecule has 6 heteroatoms. The Kier molecular flexibility index (Phi) is 2.66. The minimum atomic E-state index is -0.462. The van der Waals surface area contributed by atoms with Crippen molar-refractivity contribution in [2.45, 2.75) is 0 Å². The first-order valence-electron chi connectivity index (χ1n) is 4.02. The van der Waals surface area contributed by atoms with Gasteiger partial charge in [-0.1, -0.05) is 11.6 Å². The van der Waals surface area contributed by atoms with Crippen LogP contribution in [0.5, 0.6) is 0 Å². The molecule has 0 unspecified atom stereocenters. The molecule has 0 atom stereocenters. The highest BCUT2D eigenvalue weighted by Crippen LogP contribution is 2.30. The number of nitrogens with zero attached hydrogens (tertiary/aromatic N) is 2. The van der Waals surface area contributed by atoms with Crippen LogP contribution < -0.4 is 0 Å². The molecule has 0 bridgehead atoms. The topological polar surface area (TPSA) is 56.0 Å². The van der Waals surface area contributed by atoms with Crippen molar-refractivity contribution in [3.05, 3.63) is 44.2 Å². The maximum absolute atomic E-state index is 10.8. The highest BCUT2D eigenvalue weighted by Gasteiger charge is 2.17. The van der Waals surface area contributed by atoms with Crippen LogP contribution in [0.4, 0.5) is 5.69 Å². The van der Waals surface area contributed by atoms with Crippen LogP contribution in [0.3, 0.4) is 0 Å². The molecule has 76 valence electrons. The predicted octanol–water partition coefficient (Wildman–Crippen LogP) is 3.37. The van der Waals surface area contributed by atoms with E-state index in [1.165, 1.54) is 23.5 Å². The second kappa shape index (κ2) is 3.96. The summed E-state index contributed by atoms with van der Waals surface area (Å²) in [6.07, 6.45) is 0. The molecule has 2 aromatic heterocycles. The lowest BCUT2D eigenvalue weighted by atomic mass is 10.2. The number of hydrogen-bond donors (Lipinski definition) is 0. The number of thiophene rings is 1. The normalized spacial score (nSPS) is 10.2. The van der Waals surface area contributed by atoms with Crippen LogP contribution in [-0.4, -0.2) is 9.91 Å². The molecule has 0 saturated carbocycles. The van der Waals surface area contributed by atoms with Gasteiger partial charge in [0.05, 0.1) is 4.92 Å². The van der Waals surface area contributed by atoms with Crippen LogP contribution in [-0.2, 0) is 0 Å². The van der Waals surface area contributed by atoms with E-state index in [4.69, 9.17) is 11.6 Å². The zero-order chi connectivity index (χ0) is 10.8. The monoisotopic (exact) mass is 240 g/mol. The number of halogens is 1. The van der Waals surface area contributed by atoms with Gasteiger partial charge >= 0.3 is 0 Å². The number of nitro groups is 1. The molecule has 15 heavy (non-hydrogen) atoms. The van der Waals surface area contributed by atoms with E-state index in [2.05, 4.69) is 4.98 Å². The summed E-state index contributed by atoms with van der Waals surface area (Å²) >= 11 is 7.16. The van der Waals surface area contributed by atoms with Crippen molar-refractivity contribution in [1.29, 1.82) is 0 Å². The van der Waals surface area contributed by atoms with Gasteiger partial charge < -0.3 is 0 Å². The first-order chi connectivity index (χ1) is 7.18. The Labute approximate surface area is 94.3 Å². The van der Waals surface area contributed by atoms with Crippen LogP contribution in [0.1, 0.15) is 0 Å². The van der Waals surface area contributed by atoms with Gasteiger partial charge in [-0.3, -0.25) is 10.1 Å². The van der Waals surface area contributed by atoms with Gasteiger partial charge in [0.25, 0.3) is 5.69 Å². The summed E-state index contributed by atoms with van der Waals surface area (Å²) in [5, 5.41) is 14.6. The average Bonchev–Trinajstić information content (AvgIpc) is 2.69. The number of pyridine rings is 1. The lowest BCUT2D eigenvalue weighted by Gasteiger charge is -1.99. The van der Waals surface area contributed by atoms with Crippen molar-refractivity contribution >= 4 is 28.6 Å². The maximum Gasteiger partial charge on any atom is 0.295 e. The van der Waals surface area contributed by atoms with Gasteiger partial charge in [0.15, 0.2) is 5.69 Å². The van der Waals surface area contributed by atoms with E-state index < -0.39 is 4.92 Å². The van der Waals surface area contributed by atoms with Gasteiger partial charge in [-0.15, -0.1) is 0 Å². The van der Waals surface area contributed by atoms with Crippen molar-refractivity contribution < 1.29 is 4.92 Å². The lowest BCUT2D eigenvalue weighted by molar-refractivity contribution is -0.384. The molecule has 4 nitrogen and oxygen atoms in total. The number of aromatic nitrogens is 1. The minimum Gasteiger partial charge on any atom is -0.258 e. The summed E-state index contributed by atoms with van der Waals surface area (Å²) in [7, 11) is 0. The maximum atomic E-state index is 10.8. The molecule has 0 aliphatic heterocycles. The molecular formula is C9H5ClN2O2S. The summed E-state index contributed by atoms with van der Waals surface area (Å²) in [5.41, 5.74) is 1.00. The van der Waals surface area contributed by atoms with Crippen molar-refractivity contribution in [2.75, 3.05) is 0 Å². The minimum absolute atomic E-state index is 0.0298. The highest BCUT2D eigenvalue weighted by molar-refractivity contribution is 7.08. The zero-order valence-electron chi connectivity index (χ0n) is 7.38. The predicted molar refractivity (Wildman–Crippen MR) is 59.2 cm³/mol. The van der Waals surface area contributed by atoms with Gasteiger partial charge in [-0.05, 0) is 17.5 Å². The van der Waals surface area contributed by atoms with Gasteiger partial charge in [0.1, 0.15) is 5.15 Å². The van der Waals surface area contributed by atoms with Gasteiger partial charge in [-0.25, -0.2) is 4.98 Å². The summed E-state index contributed by atoms with van der Waals surface area (Å²) < 4.78 is 0. The smallest absolute Gasteiger partial charge is 0.258 e. The van der Waals surface area contributed by atoms with E-state index in [0.29, 0.717) is 11.3 Å². The average molecular weight is 241 g/mol. The van der Waals surface area contributed by atoms with Gasteiger partial charge in [-0.2, -0.15) is 11.3 Å². The van der Waals surface area contributed by atoms with Crippen LogP contribution >= 0.6 is 22.9 Å². The van der Waals surface area contributed by atoms with Crippen LogP contribution in [0.25, 0.3) is 11.3 Å². The Hall–Kier alpha value is -1.46. The first kappa shape index (κ1) is 10.1. The Morgan fingerprint density at radius 2 is 2.20 bits per heavy atom. The van der Waals surface area contributed by atoms with Crippen molar-refractivity contribution in [3.63, 3.8) is 0 Å². The largest absolute Gasteiger partial charge is 0.295 e. The van der Waals surface area contributed by atoms with E-state index >= 15 is 0 Å². The molecule has 2 heterocycles. The third kappa shape index (κ3) is 1.98. The number of hydrogen-bond acceptors (Lipinski definition) is 4. The Morgan fingerprint density at radius 3 is 2.80 bits per heavy atom. The third-order valence-corrected chi connectivity index (χ3v) is 2.73. The summed E-state index contributed by atoms with van der Waals surface area (Å²) in [4.78, 5) is 14.3. The molecule has 2 aromatic rings. The molecular weight excluding hydrogens is 236 g/mol. The zero-order valence-corrected chi connectivity index (χ0v) is 8.96. The molecule has 0 aliphatic rings. The SMILES string of the molecule is O=[N+]([O-])c1ccc(Cl)nc1-c1ccsc1. The molecule has 0 amide bonds. The number of rotatable bonds is 2. The standard InChI is InChI=1S/C9H5ClN2O2S/c10-8-2-1-7(12(13)14)9(11-8)6-3-4-15-5-6/h1-5H. The van der Waals surface area contributed by atoms with Crippen LogP contribution in [0.2, 0.25) is 5.15 Å². The molecule has 0 saturated heterocycles. The van der Waals surface area contributed by atoms with Crippen molar-refractivity contribution in [2.24, 2.45) is 0 Å². The quantitative estimate of drug-likeness (QED) is 0.459. The van der Waals surface area contributed by atoms with Gasteiger partial charge in [0.2, 0.25) is 0 Å². The first-order valence-corrected chi connectivity index (χ1v) is 5.34. The Morgan fingerprint density at radius 1 is 1.40 bits per heavy atom. The fourth-order valence-electron chi connectivity index (χ4n) is 1.19. The summed E-state index contributed by atoms with van der Waals surface area (Å²) in [6.45, 7) is 0. The third-order valence-electron chi connectivity index (χ3n) is 1.83. The molecule has 0 radical (unpaired) electrons. The second-order valence-corrected chi connectivity index (χ2v) is 3.94. The Balaban J connectivity index is 2.63. The molecule has 0 aliphatic carbocycles. The molecule has 0 N–H and O–H groups in total. The van der Waals surface area contributed by atoms with E-state index in [-0.39, 0.29) is 10.8 Å². The fourth-order valence-corrected chi connectivity index (χ4v) is 1.98. The summed E-state index contributed by atoms with van der Waals surface area (Å²) in [6, 6.07) is 4.55. The second-order valence-electron chi connectivity index (χ2n) is 2.77. The van der Waals surface area contributed by atoms with Gasteiger partial charge in [0, 0.05) is 17.0 Å². The molecule has 2 rings (SSSR count). The lowest BCUT2D eigenvalue weighted by Crippen LogP contribution is -1.93. The fraction of sp³-hybridized carbons (Fsp3) is 0. The molecule has 0 spiro atoms. The van der Waals surface area contributed by atoms with E-state index in [0.717, 1.165) is 0 Å². The van der Waals surface area contributed by atoms with E-state index in [1.54, 1.807) is 11.4 Å². The van der Waals surface area contributed by atoms with E-state index in [9.17, 15) is 10.1 Å².